The molecule has 0 saturated carbocycles. The van der Waals surface area contributed by atoms with E-state index in [2.05, 4.69) is 20.9 Å². The molecule has 0 aliphatic carbocycles. The summed E-state index contributed by atoms with van der Waals surface area (Å²) in [5, 5.41) is 8.13. The van der Waals surface area contributed by atoms with Crippen molar-refractivity contribution in [2.24, 2.45) is 11.8 Å². The van der Waals surface area contributed by atoms with Crippen LogP contribution in [-0.2, 0) is 4.79 Å². The number of rotatable bonds is 2. The fraction of sp³-hybridized carbons (Fsp3) is 0.833. The van der Waals surface area contributed by atoms with E-state index < -0.39 is 6.03 Å². The van der Waals surface area contributed by atoms with Crippen molar-refractivity contribution < 1.29 is 9.59 Å². The van der Waals surface area contributed by atoms with Gasteiger partial charge in [-0.25, -0.2) is 4.79 Å². The number of nitrogens with zero attached hydrogens (tertiary/aromatic N) is 1. The quantitative estimate of drug-likeness (QED) is 0.658. The predicted molar refractivity (Wildman–Crippen MR) is 75.3 cm³/mol. The molecule has 3 unspecified atom stereocenters. The minimum Gasteiger partial charge on any atom is -0.341 e. The fourth-order valence-corrected chi connectivity index (χ4v) is 2.86. The molecule has 0 spiro atoms. The van der Waals surface area contributed by atoms with Crippen LogP contribution in [0.5, 0.6) is 0 Å². The summed E-state index contributed by atoms with van der Waals surface area (Å²) < 4.78 is 0. The van der Waals surface area contributed by atoms with Crippen molar-refractivity contribution in [1.82, 2.24) is 20.9 Å². The summed E-state index contributed by atoms with van der Waals surface area (Å²) >= 11 is 0. The molecule has 2 heterocycles. The number of carbonyl (C=O) groups excluding carboxylic acids is 2. The first-order chi connectivity index (χ1) is 8.61. The number of piperidine rings is 1. The molecule has 2 saturated heterocycles. The molecule has 2 aliphatic heterocycles. The first-order valence-electron chi connectivity index (χ1n) is 6.59. The Hall–Kier alpha value is -0.850. The second kappa shape index (κ2) is 7.07. The van der Waals surface area contributed by atoms with Gasteiger partial charge in [-0.2, -0.15) is 0 Å². The molecule has 0 aromatic carbocycles. The Labute approximate surface area is 120 Å². The average Bonchev–Trinajstić information content (AvgIpc) is 2.84. The summed E-state index contributed by atoms with van der Waals surface area (Å²) in [7, 11) is 1.50. The van der Waals surface area contributed by atoms with Crippen molar-refractivity contribution >= 4 is 24.3 Å². The number of carbonyl (C=O) groups is 2. The molecule has 2 rings (SSSR count). The van der Waals surface area contributed by atoms with Crippen LogP contribution >= 0.6 is 12.4 Å². The lowest BCUT2D eigenvalue weighted by molar-refractivity contribution is -0.125. The third-order valence-electron chi connectivity index (χ3n) is 4.13. The van der Waals surface area contributed by atoms with Gasteiger partial charge in [-0.15, -0.1) is 12.4 Å². The molecule has 6 nitrogen and oxygen atoms in total. The average molecular weight is 291 g/mol. The Morgan fingerprint density at radius 1 is 1.32 bits per heavy atom. The molecule has 2 fully saturated rings. The molecular formula is C12H23ClN4O2. The van der Waals surface area contributed by atoms with Crippen molar-refractivity contribution in [1.29, 1.82) is 0 Å². The lowest BCUT2D eigenvalue weighted by Crippen LogP contribution is -2.52. The normalized spacial score (nSPS) is 27.9. The first kappa shape index (κ1) is 16.2. The largest absolute Gasteiger partial charge is 0.341 e. The van der Waals surface area contributed by atoms with Gasteiger partial charge in [0.15, 0.2) is 0 Å². The van der Waals surface area contributed by atoms with E-state index in [4.69, 9.17) is 0 Å². The number of urea groups is 1. The maximum absolute atomic E-state index is 11.9. The maximum Gasteiger partial charge on any atom is 0.321 e. The van der Waals surface area contributed by atoms with Crippen LogP contribution in [0.15, 0.2) is 0 Å². The number of likely N-dealkylation sites (tertiary alicyclic amines) is 1. The van der Waals surface area contributed by atoms with Crippen LogP contribution in [0.2, 0.25) is 0 Å². The first-order valence-corrected chi connectivity index (χ1v) is 6.59. The van der Waals surface area contributed by atoms with Crippen molar-refractivity contribution in [2.75, 3.05) is 33.2 Å². The van der Waals surface area contributed by atoms with Crippen LogP contribution in [0.25, 0.3) is 0 Å². The highest BCUT2D eigenvalue weighted by Gasteiger charge is 2.35. The Morgan fingerprint density at radius 3 is 2.68 bits per heavy atom. The zero-order valence-corrected chi connectivity index (χ0v) is 12.3. The Bertz CT molecular complexity index is 340. The Kier molecular flexibility index (Phi) is 6.03. The SMILES string of the molecule is CNC(=O)NC(=O)C(C)N1CCC2CNCC2C1.Cl. The molecular weight excluding hydrogens is 268 g/mol. The summed E-state index contributed by atoms with van der Waals surface area (Å²) in [6, 6.07) is -0.687. The summed E-state index contributed by atoms with van der Waals surface area (Å²) in [6.07, 6.45) is 1.13. The molecule has 0 radical (unpaired) electrons. The van der Waals surface area contributed by atoms with Gasteiger partial charge in [-0.3, -0.25) is 15.0 Å². The van der Waals surface area contributed by atoms with E-state index in [-0.39, 0.29) is 24.4 Å². The number of imide groups is 1. The van der Waals surface area contributed by atoms with Crippen LogP contribution in [0.1, 0.15) is 13.3 Å². The van der Waals surface area contributed by atoms with Crippen molar-refractivity contribution in [2.45, 2.75) is 19.4 Å². The second-order valence-electron chi connectivity index (χ2n) is 5.21. The van der Waals surface area contributed by atoms with Gasteiger partial charge in [-0.1, -0.05) is 0 Å². The number of fused-ring (bicyclic) bond motifs is 1. The standard InChI is InChI=1S/C12H22N4O2.ClH/c1-8(11(17)15-12(18)13-2)16-4-3-9-5-14-6-10(9)7-16;/h8-10,14H,3-7H2,1-2H3,(H2,13,15,17,18);1H. The van der Waals surface area contributed by atoms with Crippen molar-refractivity contribution in [3.63, 3.8) is 0 Å². The van der Waals surface area contributed by atoms with Gasteiger partial charge >= 0.3 is 6.03 Å². The molecule has 3 atom stereocenters. The minimum absolute atomic E-state index is 0. The second-order valence-corrected chi connectivity index (χ2v) is 5.21. The summed E-state index contributed by atoms with van der Waals surface area (Å²) in [5.74, 6) is 1.18. The summed E-state index contributed by atoms with van der Waals surface area (Å²) in [6.45, 7) is 5.90. The van der Waals surface area contributed by atoms with Gasteiger partial charge in [0, 0.05) is 13.6 Å². The minimum atomic E-state index is -0.440. The lowest BCUT2D eigenvalue weighted by atomic mass is 9.88. The monoisotopic (exact) mass is 290 g/mol. The van der Waals surface area contributed by atoms with Crippen LogP contribution in [0, 0.1) is 11.8 Å². The van der Waals surface area contributed by atoms with Crippen LogP contribution in [0.4, 0.5) is 4.79 Å². The highest BCUT2D eigenvalue weighted by molar-refractivity contribution is 5.96. The number of hydrogen-bond donors (Lipinski definition) is 3. The van der Waals surface area contributed by atoms with Crippen molar-refractivity contribution in [3.8, 4) is 0 Å². The van der Waals surface area contributed by atoms with E-state index in [1.807, 2.05) is 6.92 Å². The lowest BCUT2D eigenvalue weighted by Gasteiger charge is -2.37. The summed E-state index contributed by atoms with van der Waals surface area (Å²) in [4.78, 5) is 25.2. The van der Waals surface area contributed by atoms with Crippen LogP contribution < -0.4 is 16.0 Å². The van der Waals surface area contributed by atoms with E-state index >= 15 is 0 Å². The molecule has 7 heteroatoms. The fourth-order valence-electron chi connectivity index (χ4n) is 2.86. The topological polar surface area (TPSA) is 73.5 Å². The molecule has 2 aliphatic rings. The number of halogens is 1. The Morgan fingerprint density at radius 2 is 2.00 bits per heavy atom. The van der Waals surface area contributed by atoms with Gasteiger partial charge in [0.2, 0.25) is 5.91 Å². The highest BCUT2D eigenvalue weighted by atomic mass is 35.5. The van der Waals surface area contributed by atoms with Gasteiger partial charge in [0.05, 0.1) is 6.04 Å². The smallest absolute Gasteiger partial charge is 0.321 e. The third-order valence-corrected chi connectivity index (χ3v) is 4.13. The van der Waals surface area contributed by atoms with Gasteiger partial charge in [0.25, 0.3) is 0 Å². The van der Waals surface area contributed by atoms with E-state index in [9.17, 15) is 9.59 Å². The van der Waals surface area contributed by atoms with E-state index in [1.54, 1.807) is 0 Å². The van der Waals surface area contributed by atoms with E-state index in [0.29, 0.717) is 5.92 Å². The molecule has 3 amide bonds. The van der Waals surface area contributed by atoms with Crippen LogP contribution in [-0.4, -0.2) is 56.1 Å². The molecule has 0 aromatic heterocycles. The Balaban J connectivity index is 0.00000180. The van der Waals surface area contributed by atoms with Crippen LogP contribution in [0.3, 0.4) is 0 Å². The molecule has 0 aromatic rings. The summed E-state index contributed by atoms with van der Waals surface area (Å²) in [5.41, 5.74) is 0. The predicted octanol–water partition coefficient (Wildman–Crippen LogP) is -0.206. The number of amides is 3. The number of hydrogen-bond acceptors (Lipinski definition) is 4. The third kappa shape index (κ3) is 3.81. The van der Waals surface area contributed by atoms with Gasteiger partial charge in [-0.05, 0) is 44.8 Å². The van der Waals surface area contributed by atoms with Crippen molar-refractivity contribution in [3.05, 3.63) is 0 Å². The number of nitrogens with one attached hydrogen (secondary N) is 3. The zero-order chi connectivity index (χ0) is 13.1. The molecule has 19 heavy (non-hydrogen) atoms. The molecule has 0 bridgehead atoms. The maximum atomic E-state index is 11.9. The van der Waals surface area contributed by atoms with Gasteiger partial charge < -0.3 is 10.6 Å². The molecule has 110 valence electrons. The van der Waals surface area contributed by atoms with E-state index in [1.165, 1.54) is 7.05 Å². The molecule has 3 N–H and O–H groups in total. The highest BCUT2D eigenvalue weighted by Crippen LogP contribution is 2.27. The zero-order valence-electron chi connectivity index (χ0n) is 11.4. The van der Waals surface area contributed by atoms with Gasteiger partial charge in [0.1, 0.15) is 0 Å². The van der Waals surface area contributed by atoms with E-state index in [0.717, 1.165) is 38.5 Å².